The predicted octanol–water partition coefficient (Wildman–Crippen LogP) is 1.31. The van der Waals surface area contributed by atoms with Crippen LogP contribution in [0.25, 0.3) is 0 Å². The van der Waals surface area contributed by atoms with Gasteiger partial charge in [0.1, 0.15) is 5.75 Å². The number of nitrogens with two attached hydrogens (primary N) is 1. The Balaban J connectivity index is 2.33. The van der Waals surface area contributed by atoms with Crippen LogP contribution in [0.2, 0.25) is 0 Å². The lowest BCUT2D eigenvalue weighted by molar-refractivity contribution is 0.140. The van der Waals surface area contributed by atoms with E-state index in [9.17, 15) is 4.79 Å². The molecule has 2 rings (SSSR count). The molecule has 0 saturated heterocycles. The molecule has 1 aliphatic heterocycles. The van der Waals surface area contributed by atoms with Gasteiger partial charge in [0, 0.05) is 13.1 Å². The van der Waals surface area contributed by atoms with Crippen molar-refractivity contribution in [2.45, 2.75) is 13.0 Å². The fourth-order valence-corrected chi connectivity index (χ4v) is 1.95. The summed E-state index contributed by atoms with van der Waals surface area (Å²) in [6, 6.07) is 3.69. The zero-order valence-corrected chi connectivity index (χ0v) is 9.06. The van der Waals surface area contributed by atoms with E-state index in [1.54, 1.807) is 13.2 Å². The van der Waals surface area contributed by atoms with E-state index in [-0.39, 0.29) is 0 Å². The van der Waals surface area contributed by atoms with E-state index in [4.69, 9.17) is 15.6 Å². The first-order valence-corrected chi connectivity index (χ1v) is 5.05. The first kappa shape index (κ1) is 10.6. The molecule has 16 heavy (non-hydrogen) atoms. The maximum absolute atomic E-state index is 10.8. The third-order valence-corrected chi connectivity index (χ3v) is 2.83. The minimum atomic E-state index is -0.889. The number of hydrogen-bond acceptors (Lipinski definition) is 3. The van der Waals surface area contributed by atoms with Gasteiger partial charge in [0.2, 0.25) is 0 Å². The Labute approximate surface area is 93.4 Å². The van der Waals surface area contributed by atoms with Crippen LogP contribution in [0.15, 0.2) is 12.1 Å². The topological polar surface area (TPSA) is 75.8 Å². The van der Waals surface area contributed by atoms with Crippen molar-refractivity contribution in [3.05, 3.63) is 23.3 Å². The molecule has 3 N–H and O–H groups in total. The van der Waals surface area contributed by atoms with Gasteiger partial charge < -0.3 is 20.5 Å². The largest absolute Gasteiger partial charge is 0.495 e. The number of methoxy groups -OCH3 is 1. The average Bonchev–Trinajstić information content (AvgIpc) is 2.27. The Morgan fingerprint density at radius 1 is 1.50 bits per heavy atom. The van der Waals surface area contributed by atoms with Gasteiger partial charge in [-0.2, -0.15) is 0 Å². The van der Waals surface area contributed by atoms with Crippen LogP contribution >= 0.6 is 0 Å². The quantitative estimate of drug-likeness (QED) is 0.702. The summed E-state index contributed by atoms with van der Waals surface area (Å²) in [5.74, 6) is 0.655. The standard InChI is InChI=1S/C11H14N2O3/c1-16-10-5-7-2-3-13(11(14)15)6-8(7)4-9(10)12/h4-5H,2-3,6,12H2,1H3,(H,14,15). The molecule has 0 saturated carbocycles. The Bertz CT molecular complexity index is 431. The van der Waals surface area contributed by atoms with Crippen LogP contribution in [0, 0.1) is 0 Å². The SMILES string of the molecule is COc1cc2c(cc1N)CN(C(=O)O)CC2. The number of carbonyl (C=O) groups is 1. The minimum Gasteiger partial charge on any atom is -0.495 e. The molecule has 0 unspecified atom stereocenters. The predicted molar refractivity (Wildman–Crippen MR) is 59.5 cm³/mol. The molecule has 0 bridgehead atoms. The lowest BCUT2D eigenvalue weighted by Gasteiger charge is -2.27. The number of fused-ring (bicyclic) bond motifs is 1. The van der Waals surface area contributed by atoms with Gasteiger partial charge in [0.25, 0.3) is 0 Å². The number of nitrogens with zero attached hydrogens (tertiary/aromatic N) is 1. The summed E-state index contributed by atoms with van der Waals surface area (Å²) in [6.07, 6.45) is -0.182. The van der Waals surface area contributed by atoms with E-state index < -0.39 is 6.09 Å². The van der Waals surface area contributed by atoms with Crippen molar-refractivity contribution in [3.63, 3.8) is 0 Å². The average molecular weight is 222 g/mol. The lowest BCUT2D eigenvalue weighted by Crippen LogP contribution is -2.34. The van der Waals surface area contributed by atoms with E-state index in [0.717, 1.165) is 11.1 Å². The Kier molecular flexibility index (Phi) is 2.60. The monoisotopic (exact) mass is 222 g/mol. The van der Waals surface area contributed by atoms with Gasteiger partial charge in [-0.15, -0.1) is 0 Å². The van der Waals surface area contributed by atoms with E-state index in [1.165, 1.54) is 4.90 Å². The van der Waals surface area contributed by atoms with Crippen LogP contribution < -0.4 is 10.5 Å². The third kappa shape index (κ3) is 1.76. The maximum atomic E-state index is 10.8. The summed E-state index contributed by atoms with van der Waals surface area (Å²) in [4.78, 5) is 12.2. The molecular formula is C11H14N2O3. The highest BCUT2D eigenvalue weighted by Crippen LogP contribution is 2.29. The molecule has 5 heteroatoms. The second-order valence-electron chi connectivity index (χ2n) is 3.82. The van der Waals surface area contributed by atoms with Gasteiger partial charge in [-0.1, -0.05) is 0 Å². The zero-order chi connectivity index (χ0) is 11.7. The van der Waals surface area contributed by atoms with Crippen molar-refractivity contribution >= 4 is 11.8 Å². The van der Waals surface area contributed by atoms with Crippen LogP contribution in [0.1, 0.15) is 11.1 Å². The summed E-state index contributed by atoms with van der Waals surface area (Å²) in [5, 5.41) is 8.90. The molecule has 0 spiro atoms. The second-order valence-corrected chi connectivity index (χ2v) is 3.82. The minimum absolute atomic E-state index is 0.402. The van der Waals surface area contributed by atoms with Gasteiger partial charge in [-0.25, -0.2) is 4.79 Å². The van der Waals surface area contributed by atoms with Gasteiger partial charge in [-0.05, 0) is 29.7 Å². The first-order chi connectivity index (χ1) is 7.61. The van der Waals surface area contributed by atoms with Crippen molar-refractivity contribution in [1.82, 2.24) is 4.90 Å². The molecule has 1 aromatic carbocycles. The fourth-order valence-electron chi connectivity index (χ4n) is 1.95. The number of anilines is 1. The molecule has 1 aromatic rings. The lowest BCUT2D eigenvalue weighted by atomic mass is 9.99. The fraction of sp³-hybridized carbons (Fsp3) is 0.364. The normalized spacial score (nSPS) is 14.4. The van der Waals surface area contributed by atoms with Crippen LogP contribution in [0.3, 0.4) is 0 Å². The highest BCUT2D eigenvalue weighted by Gasteiger charge is 2.21. The van der Waals surface area contributed by atoms with Crippen molar-refractivity contribution in [2.24, 2.45) is 0 Å². The molecule has 0 aromatic heterocycles. The Morgan fingerprint density at radius 2 is 2.25 bits per heavy atom. The number of benzene rings is 1. The van der Waals surface area contributed by atoms with Gasteiger partial charge in [-0.3, -0.25) is 0 Å². The van der Waals surface area contributed by atoms with Crippen molar-refractivity contribution in [2.75, 3.05) is 19.4 Å². The molecule has 1 amide bonds. The van der Waals surface area contributed by atoms with Gasteiger partial charge in [0.05, 0.1) is 12.8 Å². The molecule has 0 fully saturated rings. The van der Waals surface area contributed by atoms with Gasteiger partial charge >= 0.3 is 6.09 Å². The molecule has 86 valence electrons. The third-order valence-electron chi connectivity index (χ3n) is 2.83. The highest BCUT2D eigenvalue weighted by atomic mass is 16.5. The molecule has 1 aliphatic rings. The summed E-state index contributed by atoms with van der Waals surface area (Å²) in [6.45, 7) is 0.925. The van der Waals surface area contributed by atoms with E-state index in [2.05, 4.69) is 0 Å². The molecule has 1 heterocycles. The van der Waals surface area contributed by atoms with Crippen LogP contribution in [0.5, 0.6) is 5.75 Å². The van der Waals surface area contributed by atoms with E-state index in [0.29, 0.717) is 30.9 Å². The summed E-state index contributed by atoms with van der Waals surface area (Å²) in [7, 11) is 1.57. The molecule has 0 atom stereocenters. The van der Waals surface area contributed by atoms with Crippen LogP contribution in [-0.4, -0.2) is 29.8 Å². The Hall–Kier alpha value is -1.91. The summed E-state index contributed by atoms with van der Waals surface area (Å²) < 4.78 is 5.13. The summed E-state index contributed by atoms with van der Waals surface area (Å²) in [5.41, 5.74) is 8.41. The van der Waals surface area contributed by atoms with Crippen molar-refractivity contribution in [3.8, 4) is 5.75 Å². The number of amides is 1. The maximum Gasteiger partial charge on any atom is 0.407 e. The van der Waals surface area contributed by atoms with E-state index >= 15 is 0 Å². The van der Waals surface area contributed by atoms with Crippen LogP contribution in [-0.2, 0) is 13.0 Å². The molecule has 0 radical (unpaired) electrons. The van der Waals surface area contributed by atoms with E-state index in [1.807, 2.05) is 6.07 Å². The van der Waals surface area contributed by atoms with Crippen molar-refractivity contribution in [1.29, 1.82) is 0 Å². The number of hydrogen-bond donors (Lipinski definition) is 2. The summed E-state index contributed by atoms with van der Waals surface area (Å²) >= 11 is 0. The number of rotatable bonds is 1. The second kappa shape index (κ2) is 3.92. The van der Waals surface area contributed by atoms with Gasteiger partial charge in [0.15, 0.2) is 0 Å². The Morgan fingerprint density at radius 3 is 2.88 bits per heavy atom. The molecule has 0 aliphatic carbocycles. The zero-order valence-electron chi connectivity index (χ0n) is 9.06. The number of carboxylic acid groups (broad SMARTS) is 1. The number of nitrogen functional groups attached to an aromatic ring is 1. The number of ether oxygens (including phenoxy) is 1. The molecular weight excluding hydrogens is 208 g/mol. The van der Waals surface area contributed by atoms with Crippen molar-refractivity contribution < 1.29 is 14.6 Å². The van der Waals surface area contributed by atoms with Crippen LogP contribution in [0.4, 0.5) is 10.5 Å². The highest BCUT2D eigenvalue weighted by molar-refractivity contribution is 5.66. The smallest absolute Gasteiger partial charge is 0.407 e. The molecule has 5 nitrogen and oxygen atoms in total. The first-order valence-electron chi connectivity index (χ1n) is 5.05.